The van der Waals surface area contributed by atoms with Gasteiger partial charge in [0, 0.05) is 12.8 Å². The third-order valence-electron chi connectivity index (χ3n) is 3.18. The number of ether oxygens (including phenoxy) is 5. The quantitative estimate of drug-likeness (QED) is 0.542. The highest BCUT2D eigenvalue weighted by Gasteiger charge is 2.58. The van der Waals surface area contributed by atoms with Gasteiger partial charge in [-0.15, -0.1) is 11.6 Å². The maximum Gasteiger partial charge on any atom is 0.302 e. The van der Waals surface area contributed by atoms with Crippen molar-refractivity contribution in [3.63, 3.8) is 0 Å². The fourth-order valence-electron chi connectivity index (χ4n) is 2.35. The van der Waals surface area contributed by atoms with Gasteiger partial charge in [0.15, 0.2) is 18.5 Å². The Morgan fingerprint density at radius 3 is 2.76 bits per heavy atom. The van der Waals surface area contributed by atoms with Crippen LogP contribution in [0.1, 0.15) is 20.8 Å². The average Bonchev–Trinajstić information content (AvgIpc) is 2.72. The highest BCUT2D eigenvalue weighted by molar-refractivity contribution is 6.18. The van der Waals surface area contributed by atoms with Crippen LogP contribution in [0.4, 0.5) is 0 Å². The third kappa shape index (κ3) is 3.54. The molecule has 0 spiro atoms. The second-order valence-electron chi connectivity index (χ2n) is 5.34. The highest BCUT2D eigenvalue weighted by atomic mass is 35.5. The van der Waals surface area contributed by atoms with Crippen molar-refractivity contribution in [1.29, 1.82) is 0 Å². The molecule has 0 aliphatic carbocycles. The molecule has 7 nitrogen and oxygen atoms in total. The van der Waals surface area contributed by atoms with Gasteiger partial charge in [0.1, 0.15) is 6.10 Å². The van der Waals surface area contributed by atoms with E-state index < -0.39 is 35.5 Å². The second-order valence-corrected chi connectivity index (χ2v) is 5.72. The number of esters is 1. The van der Waals surface area contributed by atoms with Crippen LogP contribution in [0.2, 0.25) is 0 Å². The van der Waals surface area contributed by atoms with E-state index in [1.165, 1.54) is 6.92 Å². The van der Waals surface area contributed by atoms with Crippen molar-refractivity contribution >= 4 is 23.4 Å². The van der Waals surface area contributed by atoms with Gasteiger partial charge >= 0.3 is 5.97 Å². The summed E-state index contributed by atoms with van der Waals surface area (Å²) in [6.07, 6.45) is -1.32. The van der Waals surface area contributed by atoms with Crippen LogP contribution in [0.3, 0.4) is 0 Å². The average molecular weight is 323 g/mol. The molecule has 3 atom stereocenters. The highest BCUT2D eigenvalue weighted by Crippen LogP contribution is 2.36. The molecule has 2 heterocycles. The zero-order valence-electron chi connectivity index (χ0n) is 12.2. The maximum absolute atomic E-state index is 12.6. The Balaban J connectivity index is 2.16. The molecule has 0 radical (unpaired) electrons. The molecular weight excluding hydrogens is 304 g/mol. The van der Waals surface area contributed by atoms with Gasteiger partial charge in [-0.3, -0.25) is 9.59 Å². The van der Waals surface area contributed by atoms with Gasteiger partial charge in [-0.05, 0) is 13.8 Å². The Morgan fingerprint density at radius 1 is 1.43 bits per heavy atom. The van der Waals surface area contributed by atoms with Crippen LogP contribution in [0.5, 0.6) is 0 Å². The van der Waals surface area contributed by atoms with Crippen LogP contribution in [0.25, 0.3) is 0 Å². The summed E-state index contributed by atoms with van der Waals surface area (Å²) < 4.78 is 27.1. The summed E-state index contributed by atoms with van der Waals surface area (Å²) >= 11 is 5.59. The van der Waals surface area contributed by atoms with E-state index >= 15 is 0 Å². The molecule has 2 aliphatic heterocycles. The van der Waals surface area contributed by atoms with Gasteiger partial charge < -0.3 is 23.7 Å². The molecule has 0 N–H and O–H groups in total. The monoisotopic (exact) mass is 322 g/mol. The number of alkyl halides is 1. The van der Waals surface area contributed by atoms with E-state index in [0.29, 0.717) is 0 Å². The van der Waals surface area contributed by atoms with Gasteiger partial charge in [0.05, 0.1) is 13.2 Å². The van der Waals surface area contributed by atoms with Gasteiger partial charge in [-0.25, -0.2) is 0 Å². The molecule has 2 rings (SSSR count). The zero-order chi connectivity index (χ0) is 15.7. The predicted octanol–water partition coefficient (Wildman–Crippen LogP) is 0.621. The lowest BCUT2D eigenvalue weighted by molar-refractivity contribution is -0.267. The largest absolute Gasteiger partial charge is 0.460 e. The van der Waals surface area contributed by atoms with E-state index in [-0.39, 0.29) is 25.7 Å². The van der Waals surface area contributed by atoms with Crippen LogP contribution in [-0.2, 0) is 33.3 Å². The first-order valence-corrected chi connectivity index (χ1v) is 7.20. The molecule has 0 aromatic heterocycles. The van der Waals surface area contributed by atoms with Crippen molar-refractivity contribution in [2.45, 2.75) is 44.6 Å². The molecule has 0 saturated carbocycles. The first-order valence-electron chi connectivity index (χ1n) is 6.67. The van der Waals surface area contributed by atoms with Crippen LogP contribution in [-0.4, -0.2) is 61.2 Å². The molecule has 8 heteroatoms. The van der Waals surface area contributed by atoms with Gasteiger partial charge in [-0.1, -0.05) is 0 Å². The van der Waals surface area contributed by atoms with Crippen molar-refractivity contribution in [3.05, 3.63) is 0 Å². The van der Waals surface area contributed by atoms with Crippen molar-refractivity contribution in [2.75, 3.05) is 25.7 Å². The summed E-state index contributed by atoms with van der Waals surface area (Å²) in [7, 11) is 0. The second kappa shape index (κ2) is 6.18. The van der Waals surface area contributed by atoms with Gasteiger partial charge in [0.25, 0.3) is 5.79 Å². The number of carbonyl (C=O) groups is 2. The van der Waals surface area contributed by atoms with Crippen molar-refractivity contribution < 1.29 is 33.3 Å². The fourth-order valence-corrected chi connectivity index (χ4v) is 2.43. The maximum atomic E-state index is 12.6. The molecule has 0 unspecified atom stereocenters. The SMILES string of the molecule is CC(=O)OC[C@@]1(OCCCl)OC[C@H]2OC(C)(C)O[C@H]2C1=O. The van der Waals surface area contributed by atoms with E-state index in [2.05, 4.69) is 0 Å². The number of hydrogen-bond acceptors (Lipinski definition) is 7. The predicted molar refractivity (Wildman–Crippen MR) is 70.8 cm³/mol. The lowest BCUT2D eigenvalue weighted by Gasteiger charge is -2.38. The molecule has 0 amide bonds. The molecule has 2 saturated heterocycles. The number of fused-ring (bicyclic) bond motifs is 1. The van der Waals surface area contributed by atoms with Gasteiger partial charge in [0.2, 0.25) is 5.78 Å². The standard InChI is InChI=1S/C13H19ClO7/c1-8(15)17-7-13(18-5-4-14)11(16)10-9(6-19-13)20-12(2,3)21-10/h9-10H,4-7H2,1-3H3/t9-,10-,13-/m1/s1. The smallest absolute Gasteiger partial charge is 0.302 e. The van der Waals surface area contributed by atoms with Crippen molar-refractivity contribution in [2.24, 2.45) is 0 Å². The lowest BCUT2D eigenvalue weighted by Crippen LogP contribution is -2.61. The molecular formula is C13H19ClO7. The minimum atomic E-state index is -1.69. The van der Waals surface area contributed by atoms with Crippen molar-refractivity contribution in [3.8, 4) is 0 Å². The molecule has 0 bridgehead atoms. The number of halogens is 1. The number of Topliss-reactive ketones (excluding diaryl/α,β-unsaturated/α-hetero) is 1. The molecule has 21 heavy (non-hydrogen) atoms. The summed E-state index contributed by atoms with van der Waals surface area (Å²) in [5, 5.41) is 0. The number of rotatable bonds is 5. The topological polar surface area (TPSA) is 80.3 Å². The normalized spacial score (nSPS) is 34.6. The van der Waals surface area contributed by atoms with E-state index in [9.17, 15) is 9.59 Å². The minimum Gasteiger partial charge on any atom is -0.460 e. The molecule has 0 aromatic carbocycles. The van der Waals surface area contributed by atoms with E-state index in [0.717, 1.165) is 0 Å². The number of ketones is 1. The molecule has 2 aliphatic rings. The third-order valence-corrected chi connectivity index (χ3v) is 3.33. The van der Waals surface area contributed by atoms with E-state index in [1.54, 1.807) is 13.8 Å². The Bertz CT molecular complexity index is 425. The summed E-state index contributed by atoms with van der Waals surface area (Å²) in [5.41, 5.74) is 0. The Labute approximate surface area is 127 Å². The van der Waals surface area contributed by atoms with E-state index in [1.807, 2.05) is 0 Å². The molecule has 120 valence electrons. The molecule has 0 aromatic rings. The molecule has 2 fully saturated rings. The lowest BCUT2D eigenvalue weighted by atomic mass is 9.99. The minimum absolute atomic E-state index is 0.0796. The first kappa shape index (κ1) is 16.6. The first-order chi connectivity index (χ1) is 9.80. The van der Waals surface area contributed by atoms with Crippen LogP contribution >= 0.6 is 11.6 Å². The van der Waals surface area contributed by atoms with Gasteiger partial charge in [-0.2, -0.15) is 0 Å². The summed E-state index contributed by atoms with van der Waals surface area (Å²) in [5.74, 6) is -3.39. The van der Waals surface area contributed by atoms with Crippen LogP contribution in [0, 0.1) is 0 Å². The Morgan fingerprint density at radius 2 is 2.14 bits per heavy atom. The number of carbonyl (C=O) groups excluding carboxylic acids is 2. The number of hydrogen-bond donors (Lipinski definition) is 0. The van der Waals surface area contributed by atoms with E-state index in [4.69, 9.17) is 35.3 Å². The Hall–Kier alpha value is -0.730. The Kier molecular flexibility index (Phi) is 4.89. The van der Waals surface area contributed by atoms with Crippen LogP contribution < -0.4 is 0 Å². The summed E-state index contributed by atoms with van der Waals surface area (Å²) in [6, 6.07) is 0. The van der Waals surface area contributed by atoms with Crippen LogP contribution in [0.15, 0.2) is 0 Å². The zero-order valence-corrected chi connectivity index (χ0v) is 13.0. The summed E-state index contributed by atoms with van der Waals surface area (Å²) in [4.78, 5) is 23.7. The summed E-state index contributed by atoms with van der Waals surface area (Å²) in [6.45, 7) is 4.51. The fraction of sp³-hybridized carbons (Fsp3) is 0.846. The van der Waals surface area contributed by atoms with Crippen molar-refractivity contribution in [1.82, 2.24) is 0 Å².